The molecule has 0 heterocycles. The molecule has 1 aromatic carbocycles. The normalized spacial score (nSPS) is 11.9. The van der Waals surface area contributed by atoms with Crippen LogP contribution in [0.1, 0.15) is 30.5 Å². The minimum absolute atomic E-state index is 0.0350. The average Bonchev–Trinajstić information content (AvgIpc) is 2.13. The van der Waals surface area contributed by atoms with Gasteiger partial charge in [0.15, 0.2) is 0 Å². The number of aryl methyl sites for hydroxylation is 2. The van der Waals surface area contributed by atoms with Gasteiger partial charge in [0.05, 0.1) is 0 Å². The zero-order chi connectivity index (χ0) is 11.6. The molecule has 1 N–H and O–H groups in total. The fraction of sp³-hybridized carbons (Fsp3) is 0.538. The quantitative estimate of drug-likeness (QED) is 0.890. The summed E-state index contributed by atoms with van der Waals surface area (Å²) in [7, 11) is 0. The molecule has 1 aromatic rings. The Morgan fingerprint density at radius 2 is 1.67 bits per heavy atom. The van der Waals surface area contributed by atoms with Crippen molar-refractivity contribution in [2.45, 2.75) is 34.1 Å². The Morgan fingerprint density at radius 1 is 1.20 bits per heavy atom. The van der Waals surface area contributed by atoms with E-state index in [1.165, 1.54) is 21.2 Å². The lowest BCUT2D eigenvalue weighted by Crippen LogP contribution is -2.19. The Bertz CT molecular complexity index is 333. The fourth-order valence-electron chi connectivity index (χ4n) is 1.75. The van der Waals surface area contributed by atoms with Gasteiger partial charge in [-0.2, -0.15) is 0 Å². The summed E-state index contributed by atoms with van der Waals surface area (Å²) in [5.41, 5.74) is 3.79. The summed E-state index contributed by atoms with van der Waals surface area (Å²) < 4.78 is 1.19. The second kappa shape index (κ2) is 4.67. The second-order valence-electron chi connectivity index (χ2n) is 5.04. The first-order chi connectivity index (χ1) is 6.85. The van der Waals surface area contributed by atoms with Crippen LogP contribution in [0.25, 0.3) is 0 Å². The third-order valence-corrected chi connectivity index (χ3v) is 3.86. The molecule has 0 aliphatic heterocycles. The largest absolute Gasteiger partial charge is 0.396 e. The molecule has 0 spiro atoms. The van der Waals surface area contributed by atoms with Crippen molar-refractivity contribution in [3.8, 4) is 0 Å². The molecule has 0 saturated heterocycles. The number of hydrogen-bond donors (Lipinski definition) is 1. The molecular formula is C13H19BrO. The topological polar surface area (TPSA) is 20.2 Å². The van der Waals surface area contributed by atoms with E-state index >= 15 is 0 Å². The highest BCUT2D eigenvalue weighted by Gasteiger charge is 2.17. The van der Waals surface area contributed by atoms with Gasteiger partial charge in [0.25, 0.3) is 0 Å². The average molecular weight is 271 g/mol. The van der Waals surface area contributed by atoms with Crippen molar-refractivity contribution >= 4 is 15.9 Å². The van der Waals surface area contributed by atoms with Crippen molar-refractivity contribution in [3.05, 3.63) is 33.3 Å². The molecule has 0 aromatic heterocycles. The third-order valence-electron chi connectivity index (χ3n) is 2.61. The van der Waals surface area contributed by atoms with Crippen LogP contribution in [-0.2, 0) is 6.42 Å². The van der Waals surface area contributed by atoms with Crippen LogP contribution in [0.15, 0.2) is 16.6 Å². The molecule has 0 fully saturated rings. The van der Waals surface area contributed by atoms with Crippen LogP contribution in [-0.4, -0.2) is 11.7 Å². The number of rotatable bonds is 3. The molecule has 0 radical (unpaired) electrons. The Hall–Kier alpha value is -0.340. The molecule has 15 heavy (non-hydrogen) atoms. The maximum absolute atomic E-state index is 9.24. The van der Waals surface area contributed by atoms with Crippen LogP contribution in [0, 0.1) is 19.3 Å². The van der Waals surface area contributed by atoms with E-state index in [1.807, 2.05) is 0 Å². The summed E-state index contributed by atoms with van der Waals surface area (Å²) in [4.78, 5) is 0. The lowest BCUT2D eigenvalue weighted by molar-refractivity contribution is 0.159. The van der Waals surface area contributed by atoms with Gasteiger partial charge in [-0.3, -0.25) is 0 Å². The van der Waals surface area contributed by atoms with Gasteiger partial charge >= 0.3 is 0 Å². The van der Waals surface area contributed by atoms with Crippen molar-refractivity contribution in [2.75, 3.05) is 6.61 Å². The highest BCUT2D eigenvalue weighted by molar-refractivity contribution is 9.10. The summed E-state index contributed by atoms with van der Waals surface area (Å²) in [5, 5.41) is 9.24. The van der Waals surface area contributed by atoms with Crippen LogP contribution in [0.5, 0.6) is 0 Å². The van der Waals surface area contributed by atoms with E-state index in [4.69, 9.17) is 0 Å². The Labute approximate surface area is 101 Å². The van der Waals surface area contributed by atoms with E-state index in [-0.39, 0.29) is 12.0 Å². The van der Waals surface area contributed by atoms with E-state index in [1.54, 1.807) is 0 Å². The lowest BCUT2D eigenvalue weighted by Gasteiger charge is -2.22. The molecule has 0 aliphatic rings. The van der Waals surface area contributed by atoms with Gasteiger partial charge < -0.3 is 5.11 Å². The Kier molecular flexibility index (Phi) is 3.96. The van der Waals surface area contributed by atoms with Gasteiger partial charge in [0, 0.05) is 11.1 Å². The van der Waals surface area contributed by atoms with Gasteiger partial charge in [-0.15, -0.1) is 0 Å². The third kappa shape index (κ3) is 3.32. The van der Waals surface area contributed by atoms with Crippen LogP contribution in [0.2, 0.25) is 0 Å². The van der Waals surface area contributed by atoms with Gasteiger partial charge in [0.2, 0.25) is 0 Å². The van der Waals surface area contributed by atoms with E-state index in [0.717, 1.165) is 6.42 Å². The van der Waals surface area contributed by atoms with E-state index in [0.29, 0.717) is 0 Å². The minimum atomic E-state index is -0.0350. The van der Waals surface area contributed by atoms with Crippen LogP contribution in [0.3, 0.4) is 0 Å². The molecule has 0 aliphatic carbocycles. The molecule has 84 valence electrons. The van der Waals surface area contributed by atoms with Crippen molar-refractivity contribution in [1.82, 2.24) is 0 Å². The Morgan fingerprint density at radius 3 is 2.07 bits per heavy atom. The molecule has 0 amide bonds. The van der Waals surface area contributed by atoms with Crippen LogP contribution >= 0.6 is 15.9 Å². The molecule has 2 heteroatoms. The molecule has 0 saturated carbocycles. The Balaban J connectivity index is 2.98. The summed E-state index contributed by atoms with van der Waals surface area (Å²) >= 11 is 3.56. The van der Waals surface area contributed by atoms with E-state index in [2.05, 4.69) is 55.8 Å². The fourth-order valence-corrected chi connectivity index (χ4v) is 1.98. The maximum Gasteiger partial charge on any atom is 0.0485 e. The van der Waals surface area contributed by atoms with Crippen LogP contribution < -0.4 is 0 Å². The summed E-state index contributed by atoms with van der Waals surface area (Å²) in [5.74, 6) is 0. The first-order valence-corrected chi connectivity index (χ1v) is 6.01. The maximum atomic E-state index is 9.24. The predicted molar refractivity (Wildman–Crippen MR) is 68.2 cm³/mol. The van der Waals surface area contributed by atoms with Crippen LogP contribution in [0.4, 0.5) is 0 Å². The number of halogens is 1. The minimum Gasteiger partial charge on any atom is -0.396 e. The van der Waals surface area contributed by atoms with E-state index < -0.39 is 0 Å². The van der Waals surface area contributed by atoms with Crippen molar-refractivity contribution in [2.24, 2.45) is 5.41 Å². The molecule has 0 atom stereocenters. The number of aliphatic hydroxyl groups is 1. The molecule has 1 nitrogen and oxygen atoms in total. The SMILES string of the molecule is Cc1cc(CC(C)(C)CO)cc(C)c1Br. The molecule has 1 rings (SSSR count). The smallest absolute Gasteiger partial charge is 0.0485 e. The summed E-state index contributed by atoms with van der Waals surface area (Å²) in [6.07, 6.45) is 0.915. The number of hydrogen-bond acceptors (Lipinski definition) is 1. The zero-order valence-corrected chi connectivity index (χ0v) is 11.5. The standard InChI is InChI=1S/C13H19BrO/c1-9-5-11(6-10(2)12(9)14)7-13(3,4)8-15/h5-6,15H,7-8H2,1-4H3. The number of aliphatic hydroxyl groups excluding tert-OH is 1. The van der Waals surface area contributed by atoms with Gasteiger partial charge in [-0.05, 0) is 42.4 Å². The van der Waals surface area contributed by atoms with Crippen molar-refractivity contribution in [3.63, 3.8) is 0 Å². The predicted octanol–water partition coefficient (Wildman–Crippen LogP) is 3.63. The highest BCUT2D eigenvalue weighted by atomic mass is 79.9. The van der Waals surface area contributed by atoms with E-state index in [9.17, 15) is 5.11 Å². The first-order valence-electron chi connectivity index (χ1n) is 5.22. The first kappa shape index (κ1) is 12.7. The zero-order valence-electron chi connectivity index (χ0n) is 9.89. The summed E-state index contributed by atoms with van der Waals surface area (Å²) in [6, 6.07) is 4.38. The number of benzene rings is 1. The van der Waals surface area contributed by atoms with Gasteiger partial charge in [0.1, 0.15) is 0 Å². The molecule has 0 bridgehead atoms. The van der Waals surface area contributed by atoms with Gasteiger partial charge in [-0.1, -0.05) is 41.9 Å². The van der Waals surface area contributed by atoms with Gasteiger partial charge in [-0.25, -0.2) is 0 Å². The molecular weight excluding hydrogens is 252 g/mol. The molecule has 0 unspecified atom stereocenters. The second-order valence-corrected chi connectivity index (χ2v) is 5.84. The van der Waals surface area contributed by atoms with Crippen molar-refractivity contribution in [1.29, 1.82) is 0 Å². The highest BCUT2D eigenvalue weighted by Crippen LogP contribution is 2.27. The lowest BCUT2D eigenvalue weighted by atomic mass is 9.86. The van der Waals surface area contributed by atoms with Crippen molar-refractivity contribution < 1.29 is 5.11 Å². The summed E-state index contributed by atoms with van der Waals surface area (Å²) in [6.45, 7) is 8.60. The monoisotopic (exact) mass is 270 g/mol.